The molecular weight excluding hydrogens is 370 g/mol. The summed E-state index contributed by atoms with van der Waals surface area (Å²) in [4.78, 5) is 16.9. The van der Waals surface area contributed by atoms with Gasteiger partial charge in [-0.05, 0) is 37.3 Å². The second-order valence-corrected chi connectivity index (χ2v) is 9.97. The Bertz CT molecular complexity index is 709. The van der Waals surface area contributed by atoms with E-state index in [1.54, 1.807) is 16.2 Å². The normalized spacial score (nSPS) is 19.4. The Kier molecular flexibility index (Phi) is 6.37. The molecule has 8 heteroatoms. The van der Waals surface area contributed by atoms with Crippen LogP contribution in [0.4, 0.5) is 0 Å². The number of thiophene rings is 1. The van der Waals surface area contributed by atoms with Crippen LogP contribution in [0.1, 0.15) is 53.2 Å². The molecule has 1 aliphatic heterocycles. The second-order valence-electron chi connectivity index (χ2n) is 6.90. The third-order valence-corrected chi connectivity index (χ3v) is 8.75. The van der Waals surface area contributed by atoms with Crippen LogP contribution in [0.25, 0.3) is 0 Å². The van der Waals surface area contributed by atoms with E-state index >= 15 is 0 Å². The smallest absolute Gasteiger partial charge is 0.282 e. The number of piperazine rings is 1. The zero-order valence-electron chi connectivity index (χ0n) is 15.7. The van der Waals surface area contributed by atoms with E-state index in [-0.39, 0.29) is 5.91 Å². The topological polar surface area (TPSA) is 60.9 Å². The molecule has 146 valence electrons. The maximum absolute atomic E-state index is 12.9. The van der Waals surface area contributed by atoms with E-state index in [2.05, 4.69) is 6.07 Å². The number of aryl methyl sites for hydroxylation is 2. The Hall–Kier alpha value is -0.960. The van der Waals surface area contributed by atoms with Gasteiger partial charge in [-0.25, -0.2) is 0 Å². The molecule has 1 amide bonds. The lowest BCUT2D eigenvalue weighted by atomic mass is 10.1. The van der Waals surface area contributed by atoms with Crippen molar-refractivity contribution in [2.75, 3.05) is 39.3 Å². The van der Waals surface area contributed by atoms with Gasteiger partial charge in [0.05, 0.1) is 4.88 Å². The minimum Gasteiger partial charge on any atom is -0.335 e. The Morgan fingerprint density at radius 1 is 1.08 bits per heavy atom. The van der Waals surface area contributed by atoms with E-state index in [1.807, 2.05) is 13.8 Å². The molecule has 1 aromatic rings. The number of hydrogen-bond acceptors (Lipinski definition) is 4. The van der Waals surface area contributed by atoms with Crippen LogP contribution in [0.2, 0.25) is 0 Å². The molecule has 1 saturated heterocycles. The molecule has 0 atom stereocenters. The summed E-state index contributed by atoms with van der Waals surface area (Å²) in [5.74, 6) is 0.0583. The van der Waals surface area contributed by atoms with Crippen LogP contribution in [0, 0.1) is 0 Å². The van der Waals surface area contributed by atoms with Crippen LogP contribution >= 0.6 is 11.3 Å². The summed E-state index contributed by atoms with van der Waals surface area (Å²) >= 11 is 1.64. The van der Waals surface area contributed by atoms with Crippen molar-refractivity contribution in [2.45, 2.75) is 46.0 Å². The lowest BCUT2D eigenvalue weighted by Crippen LogP contribution is -2.54. The van der Waals surface area contributed by atoms with E-state index in [4.69, 9.17) is 0 Å². The van der Waals surface area contributed by atoms with Crippen LogP contribution in [0.15, 0.2) is 6.07 Å². The van der Waals surface area contributed by atoms with E-state index in [1.165, 1.54) is 38.3 Å². The van der Waals surface area contributed by atoms with Crippen LogP contribution in [0.3, 0.4) is 0 Å². The van der Waals surface area contributed by atoms with Crippen LogP contribution in [0.5, 0.6) is 0 Å². The van der Waals surface area contributed by atoms with Crippen LogP contribution < -0.4 is 0 Å². The van der Waals surface area contributed by atoms with Gasteiger partial charge in [0, 0.05) is 44.1 Å². The second kappa shape index (κ2) is 8.37. The molecular formula is C18H29N3O3S2. The SMILES string of the molecule is CCN(CC)S(=O)(=O)N1CCN(C(=O)c2cc3c(s2)CCCCC3)CC1. The number of nitrogens with zero attached hydrogens (tertiary/aromatic N) is 3. The summed E-state index contributed by atoms with van der Waals surface area (Å²) in [6.07, 6.45) is 5.86. The summed E-state index contributed by atoms with van der Waals surface area (Å²) in [5, 5.41) is 0. The molecule has 0 saturated carbocycles. The van der Waals surface area contributed by atoms with E-state index in [0.717, 1.165) is 17.7 Å². The standard InChI is InChI=1S/C18H29N3O3S2/c1-3-20(4-2)26(23,24)21-12-10-19(11-13-21)18(22)17-14-15-8-6-5-7-9-16(15)25-17/h14H,3-13H2,1-2H3. The van der Waals surface area contributed by atoms with Gasteiger partial charge in [0.25, 0.3) is 16.1 Å². The van der Waals surface area contributed by atoms with Crippen molar-refractivity contribution in [1.29, 1.82) is 0 Å². The molecule has 0 aromatic carbocycles. The average Bonchev–Trinajstić information content (AvgIpc) is 2.92. The number of carbonyl (C=O) groups is 1. The number of amides is 1. The predicted octanol–water partition coefficient (Wildman–Crippen LogP) is 2.36. The largest absolute Gasteiger partial charge is 0.335 e. The van der Waals surface area contributed by atoms with Crippen molar-refractivity contribution in [1.82, 2.24) is 13.5 Å². The van der Waals surface area contributed by atoms with Crippen molar-refractivity contribution < 1.29 is 13.2 Å². The van der Waals surface area contributed by atoms with Gasteiger partial charge in [-0.1, -0.05) is 20.3 Å². The zero-order valence-corrected chi connectivity index (χ0v) is 17.4. The van der Waals surface area contributed by atoms with Crippen molar-refractivity contribution in [2.24, 2.45) is 0 Å². The van der Waals surface area contributed by atoms with Crippen molar-refractivity contribution >= 4 is 27.5 Å². The highest BCUT2D eigenvalue weighted by molar-refractivity contribution is 7.86. The minimum atomic E-state index is -3.41. The van der Waals surface area contributed by atoms with Crippen LogP contribution in [-0.4, -0.2) is 67.1 Å². The summed E-state index contributed by atoms with van der Waals surface area (Å²) in [5.41, 5.74) is 1.35. The van der Waals surface area contributed by atoms with Gasteiger partial charge in [0.2, 0.25) is 0 Å². The molecule has 0 radical (unpaired) electrons. The first-order valence-electron chi connectivity index (χ1n) is 9.63. The van der Waals surface area contributed by atoms with E-state index in [9.17, 15) is 13.2 Å². The summed E-state index contributed by atoms with van der Waals surface area (Å²) < 4.78 is 28.2. The van der Waals surface area contributed by atoms with Gasteiger partial charge >= 0.3 is 0 Å². The fraction of sp³-hybridized carbons (Fsp3) is 0.722. The lowest BCUT2D eigenvalue weighted by Gasteiger charge is -2.36. The Labute approximate surface area is 161 Å². The number of carbonyl (C=O) groups excluding carboxylic acids is 1. The maximum atomic E-state index is 12.9. The van der Waals surface area contributed by atoms with Gasteiger partial charge < -0.3 is 4.90 Å². The first kappa shape index (κ1) is 19.8. The number of hydrogen-bond donors (Lipinski definition) is 0. The zero-order chi connectivity index (χ0) is 18.7. The predicted molar refractivity (Wildman–Crippen MR) is 105 cm³/mol. The molecule has 0 spiro atoms. The third kappa shape index (κ3) is 3.98. The molecule has 0 unspecified atom stereocenters. The molecule has 0 N–H and O–H groups in total. The molecule has 0 bridgehead atoms. The molecule has 2 aliphatic rings. The fourth-order valence-electron chi connectivity index (χ4n) is 3.76. The first-order valence-corrected chi connectivity index (χ1v) is 11.8. The van der Waals surface area contributed by atoms with Crippen molar-refractivity contribution in [3.63, 3.8) is 0 Å². The van der Waals surface area contributed by atoms with Gasteiger partial charge in [0.1, 0.15) is 0 Å². The Morgan fingerprint density at radius 2 is 1.73 bits per heavy atom. The monoisotopic (exact) mass is 399 g/mol. The summed E-state index contributed by atoms with van der Waals surface area (Å²) in [7, 11) is -3.41. The molecule has 1 aliphatic carbocycles. The molecule has 2 heterocycles. The quantitative estimate of drug-likeness (QED) is 0.714. The first-order chi connectivity index (χ1) is 12.5. The number of fused-ring (bicyclic) bond motifs is 1. The maximum Gasteiger partial charge on any atom is 0.282 e. The van der Waals surface area contributed by atoms with Gasteiger partial charge in [-0.15, -0.1) is 11.3 Å². The molecule has 26 heavy (non-hydrogen) atoms. The van der Waals surface area contributed by atoms with Gasteiger partial charge in [0.15, 0.2) is 0 Å². The minimum absolute atomic E-state index is 0.0583. The summed E-state index contributed by atoms with van der Waals surface area (Å²) in [6.45, 7) is 6.30. The molecule has 1 fully saturated rings. The van der Waals surface area contributed by atoms with Gasteiger partial charge in [-0.2, -0.15) is 17.0 Å². The molecule has 3 rings (SSSR count). The van der Waals surface area contributed by atoms with Crippen molar-refractivity contribution in [3.05, 3.63) is 21.4 Å². The number of rotatable bonds is 5. The highest BCUT2D eigenvalue weighted by atomic mass is 32.2. The van der Waals surface area contributed by atoms with E-state index < -0.39 is 10.2 Å². The fourth-order valence-corrected chi connectivity index (χ4v) is 6.59. The van der Waals surface area contributed by atoms with Crippen LogP contribution in [-0.2, 0) is 23.1 Å². The lowest BCUT2D eigenvalue weighted by molar-refractivity contribution is 0.0699. The van der Waals surface area contributed by atoms with Gasteiger partial charge in [-0.3, -0.25) is 4.79 Å². The van der Waals surface area contributed by atoms with E-state index in [0.29, 0.717) is 39.3 Å². The van der Waals surface area contributed by atoms with Crippen molar-refractivity contribution in [3.8, 4) is 0 Å². The molecule has 6 nitrogen and oxygen atoms in total. The highest BCUT2D eigenvalue weighted by Gasteiger charge is 2.32. The highest BCUT2D eigenvalue weighted by Crippen LogP contribution is 2.30. The average molecular weight is 400 g/mol. The Balaban J connectivity index is 1.64. The third-order valence-electron chi connectivity index (χ3n) is 5.34. The summed E-state index contributed by atoms with van der Waals surface area (Å²) in [6, 6.07) is 2.08. The Morgan fingerprint density at radius 3 is 2.38 bits per heavy atom. The molecule has 1 aromatic heterocycles.